The molecule has 1 saturated carbocycles. The van der Waals surface area contributed by atoms with Gasteiger partial charge in [0.2, 0.25) is 5.91 Å². The minimum absolute atomic E-state index is 0.0883. The van der Waals surface area contributed by atoms with Crippen LogP contribution in [0, 0.1) is 20.8 Å². The van der Waals surface area contributed by atoms with Crippen molar-refractivity contribution in [2.45, 2.75) is 84.3 Å². The lowest BCUT2D eigenvalue weighted by Crippen LogP contribution is -2.65. The summed E-state index contributed by atoms with van der Waals surface area (Å²) >= 11 is 0. The molecule has 33 heavy (non-hydrogen) atoms. The van der Waals surface area contributed by atoms with Crippen LogP contribution in [0.2, 0.25) is 0 Å². The van der Waals surface area contributed by atoms with E-state index in [9.17, 15) is 9.59 Å². The number of hydrogen-bond acceptors (Lipinski definition) is 3. The summed E-state index contributed by atoms with van der Waals surface area (Å²) in [7, 11) is 0. The van der Waals surface area contributed by atoms with E-state index in [-0.39, 0.29) is 17.9 Å². The Morgan fingerprint density at radius 2 is 1.67 bits per heavy atom. The second-order valence-electron chi connectivity index (χ2n) is 10.1. The molecule has 3 aromatic rings. The van der Waals surface area contributed by atoms with Crippen LogP contribution in [0.25, 0.3) is 11.1 Å². The first-order chi connectivity index (χ1) is 15.8. The smallest absolute Gasteiger partial charge is 0.276 e. The molecule has 1 atom stereocenters. The van der Waals surface area contributed by atoms with Crippen LogP contribution >= 0.6 is 0 Å². The van der Waals surface area contributed by atoms with Gasteiger partial charge in [0.15, 0.2) is 5.58 Å². The summed E-state index contributed by atoms with van der Waals surface area (Å²) in [6.45, 7) is 8.22. The Morgan fingerprint density at radius 1 is 1.00 bits per heavy atom. The van der Waals surface area contributed by atoms with Crippen molar-refractivity contribution in [1.29, 1.82) is 0 Å². The first-order valence-corrected chi connectivity index (χ1v) is 12.1. The van der Waals surface area contributed by atoms with Gasteiger partial charge in [-0.2, -0.15) is 0 Å². The fourth-order valence-corrected chi connectivity index (χ4v) is 5.65. The molecule has 0 spiro atoms. The maximum Gasteiger partial charge on any atom is 0.276 e. The number of rotatable bonds is 3. The number of nitrogens with zero attached hydrogens (tertiary/aromatic N) is 2. The Balaban J connectivity index is 1.61. The molecule has 1 aromatic carbocycles. The third-order valence-corrected chi connectivity index (χ3v) is 7.24. The molecule has 6 nitrogen and oxygen atoms in total. The summed E-state index contributed by atoms with van der Waals surface area (Å²) in [4.78, 5) is 29.6. The van der Waals surface area contributed by atoms with E-state index in [4.69, 9.17) is 4.42 Å². The fourth-order valence-electron chi connectivity index (χ4n) is 5.65. The van der Waals surface area contributed by atoms with Gasteiger partial charge >= 0.3 is 0 Å². The van der Waals surface area contributed by atoms with Crippen molar-refractivity contribution in [2.24, 2.45) is 0 Å². The maximum absolute atomic E-state index is 13.9. The highest BCUT2D eigenvalue weighted by atomic mass is 16.3. The molecule has 2 aromatic heterocycles. The molecule has 1 aliphatic carbocycles. The summed E-state index contributed by atoms with van der Waals surface area (Å²) in [6.07, 6.45) is 6.72. The molecule has 1 N–H and O–H groups in total. The quantitative estimate of drug-likeness (QED) is 0.545. The molecule has 0 unspecified atom stereocenters. The lowest BCUT2D eigenvalue weighted by molar-refractivity contribution is -0.127. The zero-order valence-electron chi connectivity index (χ0n) is 20.0. The van der Waals surface area contributed by atoms with Gasteiger partial charge in [0.25, 0.3) is 5.91 Å². The lowest BCUT2D eigenvalue weighted by atomic mass is 9.92. The summed E-state index contributed by atoms with van der Waals surface area (Å²) in [6, 6.07) is 9.99. The number of nitrogens with one attached hydrogen (secondary N) is 1. The molecule has 0 bridgehead atoms. The van der Waals surface area contributed by atoms with E-state index in [1.165, 1.54) is 12.8 Å². The second-order valence-corrected chi connectivity index (χ2v) is 10.1. The average Bonchev–Trinajstić information content (AvgIpc) is 3.13. The van der Waals surface area contributed by atoms with E-state index in [1.54, 1.807) is 4.90 Å². The molecule has 174 valence electrons. The van der Waals surface area contributed by atoms with Crippen LogP contribution in [0.5, 0.6) is 0 Å². The molecule has 5 rings (SSSR count). The van der Waals surface area contributed by atoms with Gasteiger partial charge in [-0.15, -0.1) is 0 Å². The van der Waals surface area contributed by atoms with Gasteiger partial charge in [-0.3, -0.25) is 14.5 Å². The predicted molar refractivity (Wildman–Crippen MR) is 130 cm³/mol. The molecule has 6 heteroatoms. The van der Waals surface area contributed by atoms with Crippen LogP contribution < -0.4 is 10.2 Å². The molecule has 2 aliphatic rings. The third kappa shape index (κ3) is 3.75. The van der Waals surface area contributed by atoms with Crippen LogP contribution in [0.15, 0.2) is 34.7 Å². The first kappa shape index (κ1) is 21.8. The zero-order valence-corrected chi connectivity index (χ0v) is 20.0. The standard InChI is InChI=1S/C27H33N3O3/c1-17-11-18(2)13-21(12-17)30-25(31)23-15-24-22(14-19(3)33-24)29(23)16-27(30,4)26(32)28-20-9-7-5-6-8-10-20/h11-15,20H,5-10,16H2,1-4H3,(H,28,32)/t27-/m0/s1. The highest BCUT2D eigenvalue weighted by Crippen LogP contribution is 2.37. The molecule has 2 amide bonds. The van der Waals surface area contributed by atoms with E-state index in [2.05, 4.69) is 11.4 Å². The first-order valence-electron chi connectivity index (χ1n) is 12.1. The molecular weight excluding hydrogens is 414 g/mol. The number of carbonyl (C=O) groups is 2. The number of aryl methyl sites for hydroxylation is 3. The van der Waals surface area contributed by atoms with Crippen molar-refractivity contribution in [2.75, 3.05) is 4.90 Å². The van der Waals surface area contributed by atoms with Crippen molar-refractivity contribution >= 4 is 28.6 Å². The molecule has 0 saturated heterocycles. The van der Waals surface area contributed by atoms with Crippen LogP contribution in [0.3, 0.4) is 0 Å². The van der Waals surface area contributed by atoms with E-state index >= 15 is 0 Å². The number of aromatic nitrogens is 1. The van der Waals surface area contributed by atoms with Gasteiger partial charge in [-0.05, 0) is 63.8 Å². The van der Waals surface area contributed by atoms with E-state index in [1.807, 2.05) is 56.5 Å². The average molecular weight is 448 g/mol. The summed E-state index contributed by atoms with van der Waals surface area (Å²) in [5.41, 5.74) is 3.94. The molecule has 3 heterocycles. The normalized spacial score (nSPS) is 21.8. The topological polar surface area (TPSA) is 67.5 Å². The molecule has 1 aliphatic heterocycles. The van der Waals surface area contributed by atoms with Crippen LogP contribution in [-0.2, 0) is 11.3 Å². The SMILES string of the molecule is Cc1cc(C)cc(N2C(=O)c3cc4oc(C)cc4n3C[C@@]2(C)C(=O)NC2CCCCCC2)c1. The van der Waals surface area contributed by atoms with Crippen LogP contribution in [0.4, 0.5) is 5.69 Å². The molecule has 1 fully saturated rings. The molecular formula is C27H33N3O3. The highest BCUT2D eigenvalue weighted by Gasteiger charge is 2.49. The van der Waals surface area contributed by atoms with E-state index in [0.717, 1.165) is 53.8 Å². The number of fused-ring (bicyclic) bond motifs is 3. The fraction of sp³-hybridized carbons (Fsp3) is 0.481. The van der Waals surface area contributed by atoms with Gasteiger partial charge in [0.05, 0.1) is 12.1 Å². The van der Waals surface area contributed by atoms with Crippen molar-refractivity contribution in [3.05, 3.63) is 52.9 Å². The lowest BCUT2D eigenvalue weighted by Gasteiger charge is -2.44. The number of furan rings is 1. The van der Waals surface area contributed by atoms with Crippen LogP contribution in [0.1, 0.15) is 72.8 Å². The Morgan fingerprint density at radius 3 is 2.33 bits per heavy atom. The highest BCUT2D eigenvalue weighted by molar-refractivity contribution is 6.13. The van der Waals surface area contributed by atoms with Crippen LogP contribution in [-0.4, -0.2) is 28.0 Å². The Hall–Kier alpha value is -3.02. The summed E-state index contributed by atoms with van der Waals surface area (Å²) in [5.74, 6) is 0.535. The summed E-state index contributed by atoms with van der Waals surface area (Å²) < 4.78 is 7.78. The third-order valence-electron chi connectivity index (χ3n) is 7.24. The monoisotopic (exact) mass is 447 g/mol. The van der Waals surface area contributed by atoms with Gasteiger partial charge in [-0.25, -0.2) is 0 Å². The Bertz CT molecular complexity index is 1210. The number of benzene rings is 1. The number of anilines is 1. The molecule has 0 radical (unpaired) electrons. The summed E-state index contributed by atoms with van der Waals surface area (Å²) in [5, 5.41) is 3.33. The minimum atomic E-state index is -1.06. The van der Waals surface area contributed by atoms with Crippen molar-refractivity contribution < 1.29 is 14.0 Å². The maximum atomic E-state index is 13.9. The Labute approximate surface area is 194 Å². The number of amides is 2. The van der Waals surface area contributed by atoms with Gasteiger partial charge in [0, 0.05) is 23.9 Å². The largest absolute Gasteiger partial charge is 0.460 e. The minimum Gasteiger partial charge on any atom is -0.460 e. The van der Waals surface area contributed by atoms with Gasteiger partial charge in [0.1, 0.15) is 17.0 Å². The number of hydrogen-bond donors (Lipinski definition) is 1. The van der Waals surface area contributed by atoms with E-state index in [0.29, 0.717) is 17.8 Å². The van der Waals surface area contributed by atoms with E-state index < -0.39 is 5.54 Å². The Kier molecular flexibility index (Phi) is 5.34. The van der Waals surface area contributed by atoms with Gasteiger partial charge < -0.3 is 14.3 Å². The van der Waals surface area contributed by atoms with Crippen molar-refractivity contribution in [1.82, 2.24) is 9.88 Å². The predicted octanol–water partition coefficient (Wildman–Crippen LogP) is 5.42. The number of carbonyl (C=O) groups excluding carboxylic acids is 2. The zero-order chi connectivity index (χ0) is 23.3. The van der Waals surface area contributed by atoms with Crippen molar-refractivity contribution in [3.63, 3.8) is 0 Å². The van der Waals surface area contributed by atoms with Gasteiger partial charge in [-0.1, -0.05) is 31.7 Å². The second kappa shape index (κ2) is 8.08. The van der Waals surface area contributed by atoms with Crippen molar-refractivity contribution in [3.8, 4) is 0 Å².